The van der Waals surface area contributed by atoms with E-state index in [0.717, 1.165) is 23.0 Å². The van der Waals surface area contributed by atoms with Gasteiger partial charge in [0.2, 0.25) is 21.8 Å². The van der Waals surface area contributed by atoms with Crippen LogP contribution in [0.3, 0.4) is 0 Å². The van der Waals surface area contributed by atoms with E-state index in [9.17, 15) is 30.8 Å². The van der Waals surface area contributed by atoms with Crippen LogP contribution in [0.5, 0.6) is 5.88 Å². The minimum atomic E-state index is -3.92. The van der Waals surface area contributed by atoms with Crippen LogP contribution in [-0.2, 0) is 40.8 Å². The van der Waals surface area contributed by atoms with Gasteiger partial charge in [-0.3, -0.25) is 28.2 Å². The molecule has 1 amide bonds. The number of nitrogens with zero attached hydrogens (tertiary/aromatic N) is 7. The number of pyridine rings is 1. The van der Waals surface area contributed by atoms with Crippen LogP contribution >= 0.6 is 11.6 Å². The number of rotatable bonds is 12. The van der Waals surface area contributed by atoms with E-state index < -0.39 is 87.7 Å². The smallest absolute Gasteiger partial charge is 0.293 e. The van der Waals surface area contributed by atoms with Crippen molar-refractivity contribution in [1.82, 2.24) is 39.4 Å². The molecular weight excluding hydrogens is 880 g/mol. The second-order valence-electron chi connectivity index (χ2n) is 15.3. The fourth-order valence-electron chi connectivity index (χ4n) is 8.43. The first-order valence-corrected chi connectivity index (χ1v) is 21.3. The molecule has 2 aliphatic rings. The highest BCUT2D eigenvalue weighted by Gasteiger charge is 2.67. The molecule has 2 unspecified atom stereocenters. The fraction of sp³-hybridized carbons (Fsp3) is 0.268. The Kier molecular flexibility index (Phi) is 10.0. The van der Waals surface area contributed by atoms with Gasteiger partial charge in [-0.15, -0.1) is 0 Å². The first kappa shape index (κ1) is 41.9. The lowest BCUT2D eigenvalue weighted by Gasteiger charge is -2.24. The van der Waals surface area contributed by atoms with Crippen LogP contribution < -0.4 is 20.3 Å². The van der Waals surface area contributed by atoms with Gasteiger partial charge in [0.1, 0.15) is 35.4 Å². The van der Waals surface area contributed by atoms with Crippen molar-refractivity contribution in [2.24, 2.45) is 13.0 Å². The molecule has 326 valence electrons. The van der Waals surface area contributed by atoms with Crippen molar-refractivity contribution in [3.05, 3.63) is 122 Å². The molecule has 14 nitrogen and oxygen atoms in total. The number of aromatic nitrogens is 7. The highest BCUT2D eigenvalue weighted by atomic mass is 35.5. The monoisotopic (exact) mass is 911 g/mol. The van der Waals surface area contributed by atoms with Crippen LogP contribution in [0.4, 0.5) is 32.2 Å². The van der Waals surface area contributed by atoms with Gasteiger partial charge >= 0.3 is 0 Å². The summed E-state index contributed by atoms with van der Waals surface area (Å²) in [4.78, 5) is 38.3. The molecule has 1 saturated carbocycles. The van der Waals surface area contributed by atoms with E-state index in [1.807, 2.05) is 0 Å². The summed E-state index contributed by atoms with van der Waals surface area (Å²) in [6, 6.07) is 11.9. The maximum atomic E-state index is 15.5. The predicted octanol–water partition coefficient (Wildman–Crippen LogP) is 7.09. The van der Waals surface area contributed by atoms with Crippen molar-refractivity contribution in [3.8, 4) is 22.7 Å². The standard InChI is InChI=1S/C41H32ClF6N9O5S/c1-55-35-29(8-7-26(42)33(35)38(53-55)54-63(3,60)61)57-39(51-27-13-19(4-6-23(27)40(57)59)20-5-9-31(62-2)49-16-20)28(12-18-10-21(43)14-22(44)11-18)50-30(58)17-56-36-32(34(52-56)37(45)46)24-15-25(24)41(36,47)48/h4-11,13-14,16,24-25,28,37H,12,15,17H2,1-3H3,(H,50,58)(H,53,54)/t24?,25?,28-/m0/s1. The molecule has 63 heavy (non-hydrogen) atoms. The van der Waals surface area contributed by atoms with E-state index in [4.69, 9.17) is 21.3 Å². The van der Waals surface area contributed by atoms with Gasteiger partial charge in [-0.25, -0.2) is 35.9 Å². The van der Waals surface area contributed by atoms with Crippen molar-refractivity contribution in [2.45, 2.75) is 43.7 Å². The normalized spacial score (nSPS) is 16.9. The third-order valence-electron chi connectivity index (χ3n) is 11.1. The Morgan fingerprint density at radius 3 is 2.43 bits per heavy atom. The van der Waals surface area contributed by atoms with Gasteiger partial charge in [0.25, 0.3) is 17.9 Å². The number of fused-ring (bicyclic) bond motifs is 5. The molecule has 3 atom stereocenters. The molecule has 0 bridgehead atoms. The van der Waals surface area contributed by atoms with E-state index in [1.165, 1.54) is 43.2 Å². The number of halogens is 7. The number of benzene rings is 3. The highest BCUT2D eigenvalue weighted by molar-refractivity contribution is 7.92. The zero-order valence-corrected chi connectivity index (χ0v) is 34.6. The summed E-state index contributed by atoms with van der Waals surface area (Å²) in [6.45, 7) is -0.988. The highest BCUT2D eigenvalue weighted by Crippen LogP contribution is 2.68. The van der Waals surface area contributed by atoms with Crippen molar-refractivity contribution >= 4 is 55.2 Å². The maximum Gasteiger partial charge on any atom is 0.293 e. The molecule has 0 saturated heterocycles. The number of hydrogen-bond donors (Lipinski definition) is 2. The average Bonchev–Trinajstić information content (AvgIpc) is 3.75. The Balaban J connectivity index is 1.25. The van der Waals surface area contributed by atoms with Gasteiger partial charge in [0.05, 0.1) is 51.9 Å². The first-order valence-electron chi connectivity index (χ1n) is 19.0. The fourth-order valence-corrected chi connectivity index (χ4v) is 9.17. The number of sulfonamides is 1. The van der Waals surface area contributed by atoms with Crippen molar-refractivity contribution < 1.29 is 44.3 Å². The van der Waals surface area contributed by atoms with Gasteiger partial charge < -0.3 is 10.1 Å². The van der Waals surface area contributed by atoms with Crippen LogP contribution in [0.1, 0.15) is 53.1 Å². The number of nitrogens with one attached hydrogen (secondary N) is 2. The second-order valence-corrected chi connectivity index (χ2v) is 17.5. The summed E-state index contributed by atoms with van der Waals surface area (Å²) in [7, 11) is -1.01. The van der Waals surface area contributed by atoms with Crippen LogP contribution in [-0.4, -0.2) is 61.8 Å². The van der Waals surface area contributed by atoms with Crippen LogP contribution in [0, 0.1) is 17.6 Å². The third kappa shape index (κ3) is 7.41. The van der Waals surface area contributed by atoms with Gasteiger partial charge in [0.15, 0.2) is 5.82 Å². The largest absolute Gasteiger partial charge is 0.481 e. The predicted molar refractivity (Wildman–Crippen MR) is 218 cm³/mol. The first-order chi connectivity index (χ1) is 29.8. The number of anilines is 1. The summed E-state index contributed by atoms with van der Waals surface area (Å²) in [6.07, 6.45) is -1.26. The van der Waals surface area contributed by atoms with Gasteiger partial charge in [-0.1, -0.05) is 17.7 Å². The Morgan fingerprint density at radius 2 is 1.76 bits per heavy atom. The van der Waals surface area contributed by atoms with Crippen molar-refractivity contribution in [3.63, 3.8) is 0 Å². The lowest BCUT2D eigenvalue weighted by molar-refractivity contribution is -0.123. The number of alkyl halides is 4. The minimum absolute atomic E-state index is 0.00776. The average molecular weight is 912 g/mol. The molecule has 4 aromatic heterocycles. The molecule has 4 heterocycles. The zero-order chi connectivity index (χ0) is 44.9. The quantitative estimate of drug-likeness (QED) is 0.122. The molecule has 3 aromatic carbocycles. The SMILES string of the molecule is COc1ccc(-c2ccc3c(=O)n(-c4ccc(Cl)c5c(NS(C)(=O)=O)nn(C)c45)c([C@H](Cc4cc(F)cc(F)c4)NC(=O)Cn4nc(C(F)F)c5c4C(F)(F)C4CC54)nc3c2)cn1. The van der Waals surface area contributed by atoms with Crippen LogP contribution in [0.25, 0.3) is 38.6 Å². The van der Waals surface area contributed by atoms with Crippen molar-refractivity contribution in [2.75, 3.05) is 18.1 Å². The zero-order valence-electron chi connectivity index (χ0n) is 33.0. The summed E-state index contributed by atoms with van der Waals surface area (Å²) in [5.74, 6) is -8.73. The number of hydrogen-bond acceptors (Lipinski definition) is 9. The van der Waals surface area contributed by atoms with E-state index in [2.05, 4.69) is 25.2 Å². The summed E-state index contributed by atoms with van der Waals surface area (Å²) >= 11 is 6.63. The molecule has 7 aromatic rings. The Labute approximate surface area is 357 Å². The molecule has 0 radical (unpaired) electrons. The van der Waals surface area contributed by atoms with Gasteiger partial charge in [-0.05, 0) is 65.9 Å². The number of aryl methyl sites for hydroxylation is 1. The third-order valence-corrected chi connectivity index (χ3v) is 12.0. The molecule has 0 aliphatic heterocycles. The topological polar surface area (TPSA) is 168 Å². The lowest BCUT2D eigenvalue weighted by atomic mass is 10.0. The van der Waals surface area contributed by atoms with Gasteiger partial charge in [-0.2, -0.15) is 19.0 Å². The Morgan fingerprint density at radius 1 is 1.03 bits per heavy atom. The summed E-state index contributed by atoms with van der Waals surface area (Å²) in [5.41, 5.74) is -1.39. The number of amides is 1. The van der Waals surface area contributed by atoms with Crippen LogP contribution in [0.2, 0.25) is 5.02 Å². The summed E-state index contributed by atoms with van der Waals surface area (Å²) in [5, 5.41) is 10.8. The maximum absolute atomic E-state index is 15.5. The number of methoxy groups -OCH3 is 1. The Hall–Kier alpha value is -6.48. The molecule has 9 rings (SSSR count). The molecule has 2 N–H and O–H groups in total. The Bertz CT molecular complexity index is 3190. The number of carbonyl (C=O) groups excluding carboxylic acids is 1. The molecular formula is C41H32ClF6N9O5S. The lowest BCUT2D eigenvalue weighted by Crippen LogP contribution is -2.38. The molecule has 1 fully saturated rings. The van der Waals surface area contributed by atoms with Crippen LogP contribution in [0.15, 0.2) is 71.7 Å². The number of ether oxygens (including phenoxy) is 1. The van der Waals surface area contributed by atoms with E-state index in [1.54, 1.807) is 24.3 Å². The van der Waals surface area contributed by atoms with Gasteiger partial charge in [0, 0.05) is 48.8 Å². The number of carbonyl (C=O) groups is 1. The van der Waals surface area contributed by atoms with Crippen molar-refractivity contribution in [1.29, 1.82) is 0 Å². The molecule has 22 heteroatoms. The van der Waals surface area contributed by atoms with E-state index >= 15 is 13.6 Å². The molecule has 0 spiro atoms. The minimum Gasteiger partial charge on any atom is -0.481 e. The van der Waals surface area contributed by atoms with E-state index in [0.29, 0.717) is 27.8 Å². The summed E-state index contributed by atoms with van der Waals surface area (Å²) < 4.78 is 124. The molecule has 2 aliphatic carbocycles. The van der Waals surface area contributed by atoms with E-state index in [-0.39, 0.29) is 61.7 Å². The second kappa shape index (κ2) is 15.1.